The van der Waals surface area contributed by atoms with Crippen LogP contribution in [-0.2, 0) is 4.79 Å². The van der Waals surface area contributed by atoms with Crippen molar-refractivity contribution in [3.8, 4) is 0 Å². The second kappa shape index (κ2) is 4.65. The summed E-state index contributed by atoms with van der Waals surface area (Å²) >= 11 is 0. The number of H-pyrrole nitrogens is 1. The van der Waals surface area contributed by atoms with Crippen molar-refractivity contribution >= 4 is 11.6 Å². The van der Waals surface area contributed by atoms with Gasteiger partial charge < -0.3 is 10.6 Å². The predicted molar refractivity (Wildman–Crippen MR) is 62.3 cm³/mol. The van der Waals surface area contributed by atoms with Crippen LogP contribution in [0.2, 0.25) is 0 Å². The molecule has 0 bridgehead atoms. The fourth-order valence-corrected chi connectivity index (χ4v) is 2.02. The number of rotatable bonds is 2. The van der Waals surface area contributed by atoms with Crippen molar-refractivity contribution in [3.63, 3.8) is 0 Å². The molecule has 2 rings (SSSR count). The first kappa shape index (κ1) is 11.1. The third-order valence-electron chi connectivity index (χ3n) is 3.00. The van der Waals surface area contributed by atoms with Gasteiger partial charge in [0.1, 0.15) is 0 Å². The maximum Gasteiger partial charge on any atom is 0.241 e. The molecule has 1 atom stereocenters. The van der Waals surface area contributed by atoms with Crippen molar-refractivity contribution in [2.24, 2.45) is 0 Å². The van der Waals surface area contributed by atoms with Gasteiger partial charge in [-0.3, -0.25) is 9.89 Å². The SMILES string of the molecule is Cc1n[nH]c(C)c1NC(=O)C1CCCCN1. The molecule has 0 aromatic carbocycles. The van der Waals surface area contributed by atoms with Crippen LogP contribution in [0.5, 0.6) is 0 Å². The summed E-state index contributed by atoms with van der Waals surface area (Å²) in [4.78, 5) is 12.0. The van der Waals surface area contributed by atoms with Crippen LogP contribution in [-0.4, -0.2) is 28.7 Å². The molecule has 88 valence electrons. The number of aromatic amines is 1. The zero-order valence-electron chi connectivity index (χ0n) is 9.76. The van der Waals surface area contributed by atoms with Crippen LogP contribution in [0.15, 0.2) is 0 Å². The van der Waals surface area contributed by atoms with Crippen LogP contribution in [0.1, 0.15) is 30.7 Å². The normalized spacial score (nSPS) is 20.8. The van der Waals surface area contributed by atoms with Crippen LogP contribution in [0.3, 0.4) is 0 Å². The van der Waals surface area contributed by atoms with Crippen molar-refractivity contribution in [2.45, 2.75) is 39.2 Å². The lowest BCUT2D eigenvalue weighted by Crippen LogP contribution is -2.43. The molecule has 16 heavy (non-hydrogen) atoms. The van der Waals surface area contributed by atoms with Gasteiger partial charge in [0, 0.05) is 0 Å². The predicted octanol–water partition coefficient (Wildman–Crippen LogP) is 1.11. The largest absolute Gasteiger partial charge is 0.322 e. The van der Waals surface area contributed by atoms with E-state index in [1.165, 1.54) is 0 Å². The van der Waals surface area contributed by atoms with E-state index in [4.69, 9.17) is 0 Å². The highest BCUT2D eigenvalue weighted by Crippen LogP contribution is 2.17. The second-order valence-corrected chi connectivity index (χ2v) is 4.30. The third kappa shape index (κ3) is 2.24. The summed E-state index contributed by atoms with van der Waals surface area (Å²) in [7, 11) is 0. The number of hydrogen-bond donors (Lipinski definition) is 3. The summed E-state index contributed by atoms with van der Waals surface area (Å²) in [5, 5.41) is 13.1. The van der Waals surface area contributed by atoms with Crippen LogP contribution >= 0.6 is 0 Å². The molecule has 1 amide bonds. The molecule has 0 spiro atoms. The number of anilines is 1. The van der Waals surface area contributed by atoms with E-state index in [1.807, 2.05) is 13.8 Å². The first-order valence-electron chi connectivity index (χ1n) is 5.74. The Hall–Kier alpha value is -1.36. The lowest BCUT2D eigenvalue weighted by molar-refractivity contribution is -0.118. The Morgan fingerprint density at radius 1 is 1.44 bits per heavy atom. The summed E-state index contributed by atoms with van der Waals surface area (Å²) in [6.07, 6.45) is 3.20. The molecule has 3 N–H and O–H groups in total. The second-order valence-electron chi connectivity index (χ2n) is 4.30. The number of amides is 1. The lowest BCUT2D eigenvalue weighted by atomic mass is 10.0. The molecular weight excluding hydrogens is 204 g/mol. The number of aromatic nitrogens is 2. The van der Waals surface area contributed by atoms with Crippen LogP contribution in [0.4, 0.5) is 5.69 Å². The lowest BCUT2D eigenvalue weighted by Gasteiger charge is -2.22. The molecule has 0 saturated carbocycles. The van der Waals surface area contributed by atoms with Crippen molar-refractivity contribution in [1.29, 1.82) is 0 Å². The standard InChI is InChI=1S/C11H18N4O/c1-7-10(8(2)15-14-7)13-11(16)9-5-3-4-6-12-9/h9,12H,3-6H2,1-2H3,(H,13,16)(H,14,15). The van der Waals surface area contributed by atoms with Gasteiger partial charge in [-0.05, 0) is 33.2 Å². The van der Waals surface area contributed by atoms with E-state index in [-0.39, 0.29) is 11.9 Å². The number of hydrogen-bond acceptors (Lipinski definition) is 3. The van der Waals surface area contributed by atoms with Crippen molar-refractivity contribution in [2.75, 3.05) is 11.9 Å². The smallest absolute Gasteiger partial charge is 0.241 e. The summed E-state index contributed by atoms with van der Waals surface area (Å²) in [5.74, 6) is 0.0484. The van der Waals surface area contributed by atoms with E-state index < -0.39 is 0 Å². The average molecular weight is 222 g/mol. The maximum atomic E-state index is 12.0. The fourth-order valence-electron chi connectivity index (χ4n) is 2.02. The third-order valence-corrected chi connectivity index (χ3v) is 3.00. The van der Waals surface area contributed by atoms with Crippen molar-refractivity contribution < 1.29 is 4.79 Å². The molecule has 5 nitrogen and oxygen atoms in total. The Balaban J connectivity index is 2.01. The number of nitrogens with zero attached hydrogens (tertiary/aromatic N) is 1. The Bertz CT molecular complexity index is 360. The molecule has 1 fully saturated rings. The van der Waals surface area contributed by atoms with Crippen LogP contribution in [0, 0.1) is 13.8 Å². The molecule has 1 aromatic rings. The van der Waals surface area contributed by atoms with E-state index in [9.17, 15) is 4.79 Å². The topological polar surface area (TPSA) is 69.8 Å². The van der Waals surface area contributed by atoms with Crippen molar-refractivity contribution in [1.82, 2.24) is 15.5 Å². The van der Waals surface area contributed by atoms with Crippen molar-refractivity contribution in [3.05, 3.63) is 11.4 Å². The zero-order valence-corrected chi connectivity index (χ0v) is 9.76. The molecular formula is C11H18N4O. The highest BCUT2D eigenvalue weighted by molar-refractivity contribution is 5.95. The van der Waals surface area contributed by atoms with Crippen LogP contribution in [0.25, 0.3) is 0 Å². The zero-order chi connectivity index (χ0) is 11.5. The van der Waals surface area contributed by atoms with Gasteiger partial charge in [-0.1, -0.05) is 6.42 Å². The molecule has 0 radical (unpaired) electrons. The number of nitrogens with one attached hydrogen (secondary N) is 3. The summed E-state index contributed by atoms with van der Waals surface area (Å²) in [6.45, 7) is 4.72. The quantitative estimate of drug-likeness (QED) is 0.702. The summed E-state index contributed by atoms with van der Waals surface area (Å²) in [5.41, 5.74) is 2.56. The fraction of sp³-hybridized carbons (Fsp3) is 0.636. The summed E-state index contributed by atoms with van der Waals surface area (Å²) < 4.78 is 0. The molecule has 1 aliphatic rings. The first-order valence-corrected chi connectivity index (χ1v) is 5.74. The molecule has 2 heterocycles. The van der Waals surface area contributed by atoms with Gasteiger partial charge in [0.05, 0.1) is 23.1 Å². The van der Waals surface area contributed by atoms with Gasteiger partial charge in [0.15, 0.2) is 0 Å². The Morgan fingerprint density at radius 2 is 2.25 bits per heavy atom. The van der Waals surface area contributed by atoms with Gasteiger partial charge in [-0.2, -0.15) is 5.10 Å². The van der Waals surface area contributed by atoms with Gasteiger partial charge in [-0.25, -0.2) is 0 Å². The van der Waals surface area contributed by atoms with E-state index >= 15 is 0 Å². The van der Waals surface area contributed by atoms with E-state index in [2.05, 4.69) is 20.8 Å². The van der Waals surface area contributed by atoms with E-state index in [0.29, 0.717) is 0 Å². The maximum absolute atomic E-state index is 12.0. The minimum atomic E-state index is -0.0533. The number of carbonyl (C=O) groups excluding carboxylic acids is 1. The number of carbonyl (C=O) groups is 1. The summed E-state index contributed by atoms with van der Waals surface area (Å²) in [6, 6.07) is -0.0533. The molecule has 1 unspecified atom stereocenters. The monoisotopic (exact) mass is 222 g/mol. The first-order chi connectivity index (χ1) is 7.68. The van der Waals surface area contributed by atoms with Gasteiger partial charge in [0.25, 0.3) is 0 Å². The van der Waals surface area contributed by atoms with Crippen LogP contribution < -0.4 is 10.6 Å². The highest BCUT2D eigenvalue weighted by atomic mass is 16.2. The van der Waals surface area contributed by atoms with Gasteiger partial charge in [0.2, 0.25) is 5.91 Å². The molecule has 1 aromatic heterocycles. The van der Waals surface area contributed by atoms with E-state index in [1.54, 1.807) is 0 Å². The molecule has 1 aliphatic heterocycles. The molecule has 1 saturated heterocycles. The highest BCUT2D eigenvalue weighted by Gasteiger charge is 2.21. The Kier molecular flexibility index (Phi) is 3.24. The molecule has 5 heteroatoms. The Morgan fingerprint density at radius 3 is 2.81 bits per heavy atom. The number of piperidine rings is 1. The average Bonchev–Trinajstić information content (AvgIpc) is 2.62. The minimum absolute atomic E-state index is 0.0484. The van der Waals surface area contributed by atoms with Gasteiger partial charge >= 0.3 is 0 Å². The van der Waals surface area contributed by atoms with Gasteiger partial charge in [-0.15, -0.1) is 0 Å². The minimum Gasteiger partial charge on any atom is -0.322 e. The number of aryl methyl sites for hydroxylation is 2. The Labute approximate surface area is 95.0 Å². The van der Waals surface area contributed by atoms with E-state index in [0.717, 1.165) is 42.9 Å². The molecule has 0 aliphatic carbocycles.